The van der Waals surface area contributed by atoms with Crippen LogP contribution in [0.5, 0.6) is 0 Å². The molecule has 1 atom stereocenters. The van der Waals surface area contributed by atoms with E-state index in [2.05, 4.69) is 0 Å². The van der Waals surface area contributed by atoms with Crippen LogP contribution < -0.4 is 0 Å². The Morgan fingerprint density at radius 2 is 1.85 bits per heavy atom. The monoisotopic (exact) mass is 279 g/mol. The molecule has 3 aliphatic rings. The first-order valence-electron chi connectivity index (χ1n) is 8.17. The van der Waals surface area contributed by atoms with Crippen LogP contribution in [0.3, 0.4) is 0 Å². The van der Waals surface area contributed by atoms with Crippen molar-refractivity contribution in [2.24, 2.45) is 17.8 Å². The van der Waals surface area contributed by atoms with Crippen molar-refractivity contribution in [2.45, 2.75) is 51.4 Å². The van der Waals surface area contributed by atoms with E-state index < -0.39 is 0 Å². The summed E-state index contributed by atoms with van der Waals surface area (Å²) in [5.74, 6) is 1.01. The lowest BCUT2D eigenvalue weighted by Gasteiger charge is -2.22. The fourth-order valence-electron chi connectivity index (χ4n) is 3.39. The third kappa shape index (κ3) is 3.53. The summed E-state index contributed by atoms with van der Waals surface area (Å²) in [7, 11) is 0. The zero-order valence-electron chi connectivity index (χ0n) is 12.2. The Bertz CT molecular complexity index is 372. The molecule has 0 aromatic carbocycles. The van der Waals surface area contributed by atoms with Crippen molar-refractivity contribution >= 4 is 11.9 Å². The van der Waals surface area contributed by atoms with E-state index in [9.17, 15) is 9.59 Å². The van der Waals surface area contributed by atoms with Crippen molar-refractivity contribution in [3.63, 3.8) is 0 Å². The molecule has 2 saturated carbocycles. The summed E-state index contributed by atoms with van der Waals surface area (Å²) >= 11 is 0. The van der Waals surface area contributed by atoms with Gasteiger partial charge in [-0.15, -0.1) is 0 Å². The van der Waals surface area contributed by atoms with Gasteiger partial charge in [0.1, 0.15) is 0 Å². The molecule has 0 aromatic rings. The minimum absolute atomic E-state index is 0.136. The third-order valence-corrected chi connectivity index (χ3v) is 4.91. The summed E-state index contributed by atoms with van der Waals surface area (Å²) in [6, 6.07) is 0. The van der Waals surface area contributed by atoms with E-state index in [-0.39, 0.29) is 17.8 Å². The van der Waals surface area contributed by atoms with Gasteiger partial charge in [0, 0.05) is 19.5 Å². The maximum Gasteiger partial charge on any atom is 0.311 e. The molecule has 3 rings (SSSR count). The van der Waals surface area contributed by atoms with Gasteiger partial charge in [0.05, 0.1) is 12.5 Å². The van der Waals surface area contributed by atoms with E-state index in [0.717, 1.165) is 6.54 Å². The lowest BCUT2D eigenvalue weighted by atomic mass is 9.90. The molecule has 20 heavy (non-hydrogen) atoms. The molecule has 1 aliphatic heterocycles. The zero-order valence-corrected chi connectivity index (χ0v) is 12.2. The van der Waals surface area contributed by atoms with E-state index in [1.807, 2.05) is 4.90 Å². The first-order chi connectivity index (χ1) is 9.72. The van der Waals surface area contributed by atoms with Gasteiger partial charge in [-0.2, -0.15) is 0 Å². The fraction of sp³-hybridized carbons (Fsp3) is 0.875. The second kappa shape index (κ2) is 6.15. The van der Waals surface area contributed by atoms with Gasteiger partial charge in [0.15, 0.2) is 0 Å². The standard InChI is InChI=1S/C16H25NO3/c18-15-8-14(10-17(15)9-12-6-7-12)16(19)20-11-13-4-2-1-3-5-13/h12-14H,1-11H2. The Kier molecular flexibility index (Phi) is 4.27. The number of likely N-dealkylation sites (tertiary alicyclic amines) is 1. The maximum atomic E-state index is 12.1. The number of carbonyl (C=O) groups is 2. The van der Waals surface area contributed by atoms with Gasteiger partial charge < -0.3 is 9.64 Å². The van der Waals surface area contributed by atoms with E-state index in [0.29, 0.717) is 31.4 Å². The fourth-order valence-corrected chi connectivity index (χ4v) is 3.39. The molecule has 0 aromatic heterocycles. The summed E-state index contributed by atoms with van der Waals surface area (Å²) in [5, 5.41) is 0. The van der Waals surface area contributed by atoms with Gasteiger partial charge in [-0.3, -0.25) is 9.59 Å². The van der Waals surface area contributed by atoms with E-state index in [4.69, 9.17) is 4.74 Å². The predicted molar refractivity (Wildman–Crippen MR) is 74.9 cm³/mol. The molecular formula is C16H25NO3. The smallest absolute Gasteiger partial charge is 0.311 e. The number of rotatable bonds is 5. The number of esters is 1. The lowest BCUT2D eigenvalue weighted by Crippen LogP contribution is -2.29. The second-order valence-electron chi connectivity index (χ2n) is 6.78. The Labute approximate surface area is 120 Å². The molecule has 4 nitrogen and oxygen atoms in total. The molecule has 0 N–H and O–H groups in total. The Morgan fingerprint density at radius 3 is 2.55 bits per heavy atom. The predicted octanol–water partition coefficient (Wildman–Crippen LogP) is 2.37. The minimum Gasteiger partial charge on any atom is -0.465 e. The van der Waals surface area contributed by atoms with Gasteiger partial charge in [0.25, 0.3) is 0 Å². The molecule has 1 amide bonds. The zero-order chi connectivity index (χ0) is 13.9. The maximum absolute atomic E-state index is 12.1. The molecule has 1 unspecified atom stereocenters. The number of ether oxygens (including phenoxy) is 1. The van der Waals surface area contributed by atoms with E-state index >= 15 is 0 Å². The summed E-state index contributed by atoms with van der Waals surface area (Å²) < 4.78 is 5.46. The number of amides is 1. The van der Waals surface area contributed by atoms with Crippen LogP contribution in [0.2, 0.25) is 0 Å². The normalized spacial score (nSPS) is 27.9. The largest absolute Gasteiger partial charge is 0.465 e. The van der Waals surface area contributed by atoms with Crippen LogP contribution in [0.4, 0.5) is 0 Å². The Hall–Kier alpha value is -1.06. The average Bonchev–Trinajstić information content (AvgIpc) is 3.21. The summed E-state index contributed by atoms with van der Waals surface area (Å²) in [6.45, 7) is 2.00. The molecule has 0 bridgehead atoms. The van der Waals surface area contributed by atoms with Crippen LogP contribution in [0, 0.1) is 17.8 Å². The van der Waals surface area contributed by atoms with Crippen molar-refractivity contribution in [2.75, 3.05) is 19.7 Å². The molecular weight excluding hydrogens is 254 g/mol. The van der Waals surface area contributed by atoms with Crippen LogP contribution in [0.25, 0.3) is 0 Å². The van der Waals surface area contributed by atoms with Gasteiger partial charge in [0.2, 0.25) is 5.91 Å². The number of carbonyl (C=O) groups excluding carboxylic acids is 2. The highest BCUT2D eigenvalue weighted by molar-refractivity contribution is 5.86. The molecule has 3 fully saturated rings. The van der Waals surface area contributed by atoms with Gasteiger partial charge >= 0.3 is 5.97 Å². The van der Waals surface area contributed by atoms with Crippen molar-refractivity contribution < 1.29 is 14.3 Å². The van der Waals surface area contributed by atoms with Crippen LogP contribution >= 0.6 is 0 Å². The van der Waals surface area contributed by atoms with Crippen LogP contribution in [0.1, 0.15) is 51.4 Å². The highest BCUT2D eigenvalue weighted by atomic mass is 16.5. The molecule has 2 aliphatic carbocycles. The Balaban J connectivity index is 1.41. The number of hydrogen-bond donors (Lipinski definition) is 0. The number of nitrogens with zero attached hydrogens (tertiary/aromatic N) is 1. The van der Waals surface area contributed by atoms with Crippen molar-refractivity contribution in [3.05, 3.63) is 0 Å². The highest BCUT2D eigenvalue weighted by Crippen LogP contribution is 2.32. The number of hydrogen-bond acceptors (Lipinski definition) is 3. The molecule has 112 valence electrons. The summed E-state index contributed by atoms with van der Waals surface area (Å²) in [6.07, 6.45) is 9.04. The molecule has 1 saturated heterocycles. The van der Waals surface area contributed by atoms with Crippen molar-refractivity contribution in [1.82, 2.24) is 4.90 Å². The second-order valence-corrected chi connectivity index (χ2v) is 6.78. The lowest BCUT2D eigenvalue weighted by molar-refractivity contribution is -0.150. The van der Waals surface area contributed by atoms with Crippen LogP contribution in [-0.2, 0) is 14.3 Å². The first-order valence-corrected chi connectivity index (χ1v) is 8.17. The van der Waals surface area contributed by atoms with Gasteiger partial charge in [-0.05, 0) is 37.5 Å². The quantitative estimate of drug-likeness (QED) is 0.726. The van der Waals surface area contributed by atoms with Gasteiger partial charge in [-0.25, -0.2) is 0 Å². The third-order valence-electron chi connectivity index (χ3n) is 4.91. The minimum atomic E-state index is -0.218. The van der Waals surface area contributed by atoms with Crippen molar-refractivity contribution in [1.29, 1.82) is 0 Å². The first kappa shape index (κ1) is 13.9. The topological polar surface area (TPSA) is 46.6 Å². The highest BCUT2D eigenvalue weighted by Gasteiger charge is 2.38. The SMILES string of the molecule is O=C(OCC1CCCCC1)C1CC(=O)N(CC2CC2)C1. The van der Waals surface area contributed by atoms with Gasteiger partial charge in [-0.1, -0.05) is 19.3 Å². The van der Waals surface area contributed by atoms with Crippen LogP contribution in [-0.4, -0.2) is 36.5 Å². The molecule has 0 radical (unpaired) electrons. The van der Waals surface area contributed by atoms with Crippen molar-refractivity contribution in [3.8, 4) is 0 Å². The molecule has 0 spiro atoms. The van der Waals surface area contributed by atoms with E-state index in [1.165, 1.54) is 44.9 Å². The summed E-state index contributed by atoms with van der Waals surface area (Å²) in [4.78, 5) is 25.8. The summed E-state index contributed by atoms with van der Waals surface area (Å²) in [5.41, 5.74) is 0. The Morgan fingerprint density at radius 1 is 1.10 bits per heavy atom. The molecule has 4 heteroatoms. The van der Waals surface area contributed by atoms with E-state index in [1.54, 1.807) is 0 Å². The van der Waals surface area contributed by atoms with Crippen LogP contribution in [0.15, 0.2) is 0 Å². The molecule has 1 heterocycles. The average molecular weight is 279 g/mol.